The van der Waals surface area contributed by atoms with E-state index in [-0.39, 0.29) is 0 Å². The Morgan fingerprint density at radius 3 is 2.69 bits per heavy atom. The summed E-state index contributed by atoms with van der Waals surface area (Å²) >= 11 is 0. The van der Waals surface area contributed by atoms with Gasteiger partial charge in [0.25, 0.3) is 0 Å². The van der Waals surface area contributed by atoms with Gasteiger partial charge in [-0.05, 0) is 12.1 Å². The molecule has 0 fully saturated rings. The molecule has 5 heteroatoms. The molecule has 0 amide bonds. The number of likely N-dealkylation sites (N-methyl/N-ethyl adjacent to an activating group) is 1. The van der Waals surface area contributed by atoms with E-state index in [1.165, 1.54) is 10.6 Å². The molecule has 13 heavy (non-hydrogen) atoms. The summed E-state index contributed by atoms with van der Waals surface area (Å²) in [4.78, 5) is 0. The predicted octanol–water partition coefficient (Wildman–Crippen LogP) is 0.714. The highest BCUT2D eigenvalue weighted by molar-refractivity contribution is 7.88. The molecule has 4 nitrogen and oxygen atoms in total. The summed E-state index contributed by atoms with van der Waals surface area (Å²) in [5.74, 6) is 0.801. The first-order valence-electron chi connectivity index (χ1n) is 3.94. The smallest absolute Gasteiger partial charge is 0.210 e. The second kappa shape index (κ2) is 3.93. The fraction of sp³-hybridized carbons (Fsp3) is 0.500. The van der Waals surface area contributed by atoms with Crippen LogP contribution in [0.2, 0.25) is 0 Å². The maximum atomic E-state index is 11.0. The fourth-order valence-electron chi connectivity index (χ4n) is 0.888. The lowest BCUT2D eigenvalue weighted by Crippen LogP contribution is -2.27. The first-order chi connectivity index (χ1) is 6.00. The normalized spacial score (nSPS) is 12.2. The van der Waals surface area contributed by atoms with Crippen LogP contribution in [0.1, 0.15) is 5.76 Å². The molecule has 0 bridgehead atoms. The van der Waals surface area contributed by atoms with Crippen LogP contribution in [0.15, 0.2) is 22.8 Å². The van der Waals surface area contributed by atoms with Crippen molar-refractivity contribution in [2.75, 3.05) is 19.8 Å². The summed E-state index contributed by atoms with van der Waals surface area (Å²) in [6.45, 7) is 0.451. The number of rotatable bonds is 4. The largest absolute Gasteiger partial charge is 0.469 e. The lowest BCUT2D eigenvalue weighted by Gasteiger charge is -2.12. The summed E-state index contributed by atoms with van der Waals surface area (Å²) in [7, 11) is -1.51. The first-order valence-corrected chi connectivity index (χ1v) is 5.78. The van der Waals surface area contributed by atoms with Gasteiger partial charge in [-0.3, -0.25) is 0 Å². The Bertz CT molecular complexity index is 341. The summed E-state index contributed by atoms with van der Waals surface area (Å²) in [6.07, 6.45) is 3.38. The van der Waals surface area contributed by atoms with Crippen molar-refractivity contribution < 1.29 is 12.8 Å². The molecular formula is C8H13NO3S. The molecule has 0 radical (unpaired) electrons. The van der Waals surface area contributed by atoms with Crippen LogP contribution in [0, 0.1) is 0 Å². The van der Waals surface area contributed by atoms with Gasteiger partial charge in [0.2, 0.25) is 10.0 Å². The number of sulfonamides is 1. The molecule has 74 valence electrons. The van der Waals surface area contributed by atoms with Gasteiger partial charge in [0.05, 0.1) is 12.5 Å². The Kier molecular flexibility index (Phi) is 3.11. The van der Waals surface area contributed by atoms with Gasteiger partial charge in [-0.2, -0.15) is 0 Å². The minimum atomic E-state index is -3.06. The summed E-state index contributed by atoms with van der Waals surface area (Å²) in [5.41, 5.74) is 0. The van der Waals surface area contributed by atoms with Crippen molar-refractivity contribution in [1.29, 1.82) is 0 Å². The Labute approximate surface area is 78.2 Å². The third-order valence-corrected chi connectivity index (χ3v) is 3.13. The average molecular weight is 203 g/mol. The highest BCUT2D eigenvalue weighted by atomic mass is 32.2. The molecule has 1 aromatic rings. The molecule has 1 aromatic heterocycles. The lowest BCUT2D eigenvalue weighted by atomic mass is 10.3. The summed E-state index contributed by atoms with van der Waals surface area (Å²) in [5, 5.41) is 0. The maximum Gasteiger partial charge on any atom is 0.210 e. The maximum absolute atomic E-state index is 11.0. The van der Waals surface area contributed by atoms with Crippen LogP contribution in [0.3, 0.4) is 0 Å². The van der Waals surface area contributed by atoms with Gasteiger partial charge in [-0.25, -0.2) is 12.7 Å². The first kappa shape index (κ1) is 10.3. The van der Waals surface area contributed by atoms with Crippen LogP contribution in [0.4, 0.5) is 0 Å². The molecule has 0 N–H and O–H groups in total. The van der Waals surface area contributed by atoms with Crippen molar-refractivity contribution in [1.82, 2.24) is 4.31 Å². The summed E-state index contributed by atoms with van der Waals surface area (Å²) in [6, 6.07) is 3.62. The van der Waals surface area contributed by atoms with E-state index in [1.54, 1.807) is 19.4 Å². The van der Waals surface area contributed by atoms with Gasteiger partial charge in [0.1, 0.15) is 5.76 Å². The summed E-state index contributed by atoms with van der Waals surface area (Å²) < 4.78 is 28.3. The Balaban J connectivity index is 2.44. The lowest BCUT2D eigenvalue weighted by molar-refractivity contribution is 0.444. The van der Waals surface area contributed by atoms with Crippen molar-refractivity contribution in [3.8, 4) is 0 Å². The monoisotopic (exact) mass is 203 g/mol. The molecule has 0 aliphatic carbocycles. The van der Waals surface area contributed by atoms with Gasteiger partial charge in [-0.15, -0.1) is 0 Å². The highest BCUT2D eigenvalue weighted by Gasteiger charge is 2.10. The Hall–Kier alpha value is -0.810. The second-order valence-electron chi connectivity index (χ2n) is 2.91. The van der Waals surface area contributed by atoms with Crippen molar-refractivity contribution in [2.24, 2.45) is 0 Å². The van der Waals surface area contributed by atoms with Gasteiger partial charge < -0.3 is 4.42 Å². The Morgan fingerprint density at radius 2 is 2.23 bits per heavy atom. The SMILES string of the molecule is CN(CCc1ccco1)S(C)(=O)=O. The minimum Gasteiger partial charge on any atom is -0.469 e. The van der Waals surface area contributed by atoms with Crippen molar-refractivity contribution in [3.05, 3.63) is 24.2 Å². The van der Waals surface area contributed by atoms with Crippen LogP contribution in [0.25, 0.3) is 0 Å². The third kappa shape index (κ3) is 3.20. The topological polar surface area (TPSA) is 50.5 Å². The molecule has 0 aliphatic heterocycles. The van der Waals surface area contributed by atoms with Gasteiger partial charge in [0.15, 0.2) is 0 Å². The van der Waals surface area contributed by atoms with Gasteiger partial charge in [0, 0.05) is 20.0 Å². The quantitative estimate of drug-likeness (QED) is 0.724. The van der Waals surface area contributed by atoms with E-state index in [0.717, 1.165) is 5.76 Å². The number of hydrogen-bond donors (Lipinski definition) is 0. The fourth-order valence-corrected chi connectivity index (χ4v) is 1.31. The molecule has 0 aliphatic rings. The van der Waals surface area contributed by atoms with Crippen LogP contribution in [-0.4, -0.2) is 32.6 Å². The minimum absolute atomic E-state index is 0.451. The van der Waals surface area contributed by atoms with Gasteiger partial charge in [-0.1, -0.05) is 0 Å². The molecule has 0 saturated carbocycles. The molecule has 0 atom stereocenters. The molecule has 0 aromatic carbocycles. The average Bonchev–Trinajstić information content (AvgIpc) is 2.50. The molecule has 0 spiro atoms. The van der Waals surface area contributed by atoms with E-state index in [1.807, 2.05) is 6.07 Å². The Morgan fingerprint density at radius 1 is 1.54 bits per heavy atom. The standard InChI is InChI=1S/C8H13NO3S/c1-9(13(2,10)11)6-5-8-4-3-7-12-8/h3-4,7H,5-6H2,1-2H3. The van der Waals surface area contributed by atoms with E-state index >= 15 is 0 Å². The van der Waals surface area contributed by atoms with Gasteiger partial charge >= 0.3 is 0 Å². The predicted molar refractivity (Wildman–Crippen MR) is 49.9 cm³/mol. The van der Waals surface area contributed by atoms with E-state index in [0.29, 0.717) is 13.0 Å². The van der Waals surface area contributed by atoms with Crippen LogP contribution in [-0.2, 0) is 16.4 Å². The molecule has 0 unspecified atom stereocenters. The van der Waals surface area contributed by atoms with E-state index < -0.39 is 10.0 Å². The van der Waals surface area contributed by atoms with Crippen LogP contribution >= 0.6 is 0 Å². The van der Waals surface area contributed by atoms with E-state index in [4.69, 9.17) is 4.42 Å². The zero-order valence-corrected chi connectivity index (χ0v) is 8.54. The number of hydrogen-bond acceptors (Lipinski definition) is 3. The van der Waals surface area contributed by atoms with Crippen LogP contribution in [0.5, 0.6) is 0 Å². The third-order valence-electron chi connectivity index (χ3n) is 1.82. The van der Waals surface area contributed by atoms with Crippen LogP contribution < -0.4 is 0 Å². The molecule has 1 heterocycles. The van der Waals surface area contributed by atoms with E-state index in [9.17, 15) is 8.42 Å². The zero-order chi connectivity index (χ0) is 9.90. The van der Waals surface area contributed by atoms with Crippen molar-refractivity contribution >= 4 is 10.0 Å². The van der Waals surface area contributed by atoms with E-state index in [2.05, 4.69) is 0 Å². The molecule has 0 saturated heterocycles. The zero-order valence-electron chi connectivity index (χ0n) is 7.73. The molecule has 1 rings (SSSR count). The number of furan rings is 1. The second-order valence-corrected chi connectivity index (χ2v) is 5.00. The van der Waals surface area contributed by atoms with Crippen molar-refractivity contribution in [2.45, 2.75) is 6.42 Å². The van der Waals surface area contributed by atoms with Crippen molar-refractivity contribution in [3.63, 3.8) is 0 Å². The highest BCUT2D eigenvalue weighted by Crippen LogP contribution is 2.03. The molecular weight excluding hydrogens is 190 g/mol. The number of nitrogens with zero attached hydrogens (tertiary/aromatic N) is 1.